The van der Waals surface area contributed by atoms with Crippen molar-refractivity contribution in [2.75, 3.05) is 0 Å². The zero-order valence-corrected chi connectivity index (χ0v) is 40.5. The number of esters is 2. The number of carbonyl (C=O) groups excluding carboxylic acids is 4. The Morgan fingerprint density at radius 2 is 0.906 bits per heavy atom. The number of cyclic esters (lactones) is 2. The van der Waals surface area contributed by atoms with Crippen LogP contribution in [0.25, 0.3) is 11.1 Å². The number of benzene rings is 1. The molecular weight excluding hydrogens is 817 g/mol. The van der Waals surface area contributed by atoms with E-state index < -0.39 is 82.4 Å². The molecule has 358 valence electrons. The summed E-state index contributed by atoms with van der Waals surface area (Å²) >= 11 is 0. The maximum Gasteiger partial charge on any atom is 0.309 e. The molecule has 0 saturated carbocycles. The van der Waals surface area contributed by atoms with E-state index in [0.717, 1.165) is 48.0 Å². The first-order chi connectivity index (χ1) is 29.7. The minimum Gasteiger partial charge on any atom is -0.458 e. The van der Waals surface area contributed by atoms with Gasteiger partial charge in [-0.15, -0.1) is 0 Å². The van der Waals surface area contributed by atoms with Crippen molar-refractivity contribution in [3.63, 3.8) is 0 Å². The third-order valence-corrected chi connectivity index (χ3v) is 15.5. The van der Waals surface area contributed by atoms with Crippen LogP contribution in [0.15, 0.2) is 36.4 Å². The highest BCUT2D eigenvalue weighted by Crippen LogP contribution is 2.46. The fraction of sp³-hybridized carbons (Fsp3) is 0.731. The lowest BCUT2D eigenvalue weighted by atomic mass is 9.73. The number of rotatable bonds is 4. The topological polar surface area (TPSA) is 193 Å². The highest BCUT2D eigenvalue weighted by Gasteiger charge is 2.54. The first kappa shape index (κ1) is 51.7. The Hall–Kier alpha value is -3.26. The molecule has 14 atom stereocenters. The third kappa shape index (κ3) is 12.2. The largest absolute Gasteiger partial charge is 0.458 e. The van der Waals surface area contributed by atoms with Crippen molar-refractivity contribution in [2.45, 2.75) is 207 Å². The van der Waals surface area contributed by atoms with Gasteiger partial charge in [0.05, 0.1) is 71.5 Å². The van der Waals surface area contributed by atoms with Gasteiger partial charge in [-0.2, -0.15) is 0 Å². The van der Waals surface area contributed by atoms with Crippen molar-refractivity contribution in [3.8, 4) is 0 Å². The smallest absolute Gasteiger partial charge is 0.309 e. The number of hydrogen-bond acceptors (Lipinski definition) is 12. The number of ketones is 2. The molecule has 64 heavy (non-hydrogen) atoms. The number of hydrogen-bond donors (Lipinski definition) is 4. The highest BCUT2D eigenvalue weighted by atomic mass is 16.6. The van der Waals surface area contributed by atoms with Gasteiger partial charge in [0.2, 0.25) is 0 Å². The van der Waals surface area contributed by atoms with Gasteiger partial charge in [0.1, 0.15) is 23.8 Å². The van der Waals surface area contributed by atoms with Gasteiger partial charge in [0.25, 0.3) is 0 Å². The van der Waals surface area contributed by atoms with E-state index in [-0.39, 0.29) is 48.5 Å². The quantitative estimate of drug-likeness (QED) is 0.170. The number of aliphatic hydroxyl groups is 4. The molecule has 12 heteroatoms. The minimum absolute atomic E-state index is 0.132. The van der Waals surface area contributed by atoms with Crippen molar-refractivity contribution >= 4 is 34.7 Å². The Morgan fingerprint density at radius 1 is 0.578 bits per heavy atom. The summed E-state index contributed by atoms with van der Waals surface area (Å²) in [6, 6.07) is 7.90. The second-order valence-corrected chi connectivity index (χ2v) is 21.6. The molecule has 4 N–H and O–H groups in total. The van der Waals surface area contributed by atoms with Crippen molar-refractivity contribution in [3.05, 3.63) is 47.5 Å². The molecule has 4 unspecified atom stereocenters. The van der Waals surface area contributed by atoms with Crippen LogP contribution in [-0.2, 0) is 38.1 Å². The van der Waals surface area contributed by atoms with Gasteiger partial charge in [0.15, 0.2) is 0 Å². The average molecular weight is 895 g/mol. The standard InChI is InChI=1S/C52H78O12/c1-29-15-13-21-51(11)41(63-51)25-37(61-43(55)27-39(53)49(7,8)47(59)33(5)45(29)57)23-31(3)35-17-19-36(20-18-35)32(4)24-38-26-42-52(12,64-42)22-14-16-30(2)46(58)34(6)48(60)50(9,10)40(54)28-44(56)62-38/h17-20,23-24,29-30,33-34,37-42,45-46,53-54,57-58H,13-16,21-22,25-28H2,1-12H3/b31-23+,32-24+/t29?,30?,33-,34-,37-,38?,39+,40+,41+,42+,45?,46+,51-,52-/m1/s1. The normalized spacial score (nSPS) is 40.1. The molecule has 5 rings (SSSR count). The van der Waals surface area contributed by atoms with Crippen LogP contribution >= 0.6 is 0 Å². The molecule has 0 aliphatic carbocycles. The van der Waals surface area contributed by atoms with Crippen LogP contribution in [0, 0.1) is 34.5 Å². The monoisotopic (exact) mass is 895 g/mol. The predicted molar refractivity (Wildman–Crippen MR) is 244 cm³/mol. The fourth-order valence-corrected chi connectivity index (χ4v) is 10.0. The average Bonchev–Trinajstić information content (AvgIpc) is 4.09. The number of carbonyl (C=O) groups is 4. The van der Waals surface area contributed by atoms with Gasteiger partial charge in [-0.25, -0.2) is 0 Å². The van der Waals surface area contributed by atoms with E-state index in [9.17, 15) is 39.6 Å². The van der Waals surface area contributed by atoms with Gasteiger partial charge in [0, 0.05) is 24.7 Å². The first-order valence-electron chi connectivity index (χ1n) is 23.7. The molecule has 1 aromatic carbocycles. The zero-order chi connectivity index (χ0) is 47.7. The molecule has 12 nitrogen and oxygen atoms in total. The van der Waals surface area contributed by atoms with Crippen molar-refractivity contribution in [1.82, 2.24) is 0 Å². The summed E-state index contributed by atoms with van der Waals surface area (Å²) in [5.41, 5.74) is 0.158. The Kier molecular flexibility index (Phi) is 16.4. The number of allylic oxidation sites excluding steroid dienone is 2. The number of ether oxygens (including phenoxy) is 4. The van der Waals surface area contributed by atoms with Crippen LogP contribution in [0.5, 0.6) is 0 Å². The highest BCUT2D eigenvalue weighted by molar-refractivity contribution is 5.88. The lowest BCUT2D eigenvalue weighted by molar-refractivity contribution is -0.156. The van der Waals surface area contributed by atoms with Gasteiger partial charge in [-0.1, -0.05) is 92.5 Å². The van der Waals surface area contributed by atoms with Crippen LogP contribution in [-0.4, -0.2) is 104 Å². The summed E-state index contributed by atoms with van der Waals surface area (Å²) in [6.45, 7) is 21.7. The summed E-state index contributed by atoms with van der Waals surface area (Å²) in [7, 11) is 0. The Bertz CT molecular complexity index is 1760. The predicted octanol–water partition coefficient (Wildman–Crippen LogP) is 7.74. The van der Waals surface area contributed by atoms with E-state index in [1.54, 1.807) is 41.5 Å². The second kappa shape index (κ2) is 20.3. The first-order valence-corrected chi connectivity index (χ1v) is 23.7. The molecule has 4 aliphatic rings. The molecule has 4 heterocycles. The summed E-state index contributed by atoms with van der Waals surface area (Å²) < 4.78 is 24.4. The summed E-state index contributed by atoms with van der Waals surface area (Å²) in [6.07, 6.45) is 2.45. The number of epoxide rings is 2. The molecule has 4 aliphatic heterocycles. The van der Waals surface area contributed by atoms with E-state index in [1.165, 1.54) is 0 Å². The number of aliphatic hydroxyl groups excluding tert-OH is 4. The SMILES string of the molecule is C/C(=C\C1C[C@@H]2O[C@]2(C)CCCC(C)[C@H](O)[C@@H](C)C(=O)C(C)(C)[C@@H](O)CC(=O)O1)c1ccc(/C(C)=C/[C@@H]2C[C@@H]3O[C@]3(C)CCCC(C)C(O)[C@@H](C)C(=O)C(C)(C)[C@@H](O)CC(=O)O2)cc1. The van der Waals surface area contributed by atoms with Gasteiger partial charge >= 0.3 is 11.9 Å². The molecule has 0 amide bonds. The summed E-state index contributed by atoms with van der Waals surface area (Å²) in [5, 5.41) is 44.4. The van der Waals surface area contributed by atoms with Gasteiger partial charge in [-0.3, -0.25) is 19.2 Å². The van der Waals surface area contributed by atoms with Gasteiger partial charge < -0.3 is 39.4 Å². The number of fused-ring (bicyclic) bond motifs is 2. The summed E-state index contributed by atoms with van der Waals surface area (Å²) in [4.78, 5) is 53.9. The third-order valence-electron chi connectivity index (χ3n) is 15.5. The van der Waals surface area contributed by atoms with Crippen LogP contribution in [0.3, 0.4) is 0 Å². The maximum absolute atomic E-state index is 13.5. The van der Waals surface area contributed by atoms with Crippen molar-refractivity contribution < 1.29 is 58.6 Å². The van der Waals surface area contributed by atoms with Crippen LogP contribution in [0.1, 0.15) is 158 Å². The molecule has 4 fully saturated rings. The minimum atomic E-state index is -1.31. The molecule has 0 spiro atoms. The van der Waals surface area contributed by atoms with E-state index in [1.807, 2.05) is 78.0 Å². The van der Waals surface area contributed by atoms with Crippen LogP contribution in [0.4, 0.5) is 0 Å². The molecule has 0 bridgehead atoms. The summed E-state index contributed by atoms with van der Waals surface area (Å²) in [5.74, 6) is -3.56. The van der Waals surface area contributed by atoms with E-state index in [4.69, 9.17) is 18.9 Å². The molecule has 0 aromatic heterocycles. The molecule has 4 saturated heterocycles. The Morgan fingerprint density at radius 3 is 1.23 bits per heavy atom. The molecular formula is C52H78O12. The fourth-order valence-electron chi connectivity index (χ4n) is 10.0. The van der Waals surface area contributed by atoms with Gasteiger partial charge in [-0.05, 0) is 99.6 Å². The maximum atomic E-state index is 13.5. The second-order valence-electron chi connectivity index (χ2n) is 21.6. The zero-order valence-electron chi connectivity index (χ0n) is 40.5. The number of Topliss-reactive ketones (excluding diaryl/α,β-unsaturated/α-hetero) is 2. The lowest BCUT2D eigenvalue weighted by Crippen LogP contribution is -2.45. The molecule has 0 radical (unpaired) electrons. The van der Waals surface area contributed by atoms with Crippen molar-refractivity contribution in [2.24, 2.45) is 34.5 Å². The Labute approximate surface area is 381 Å². The van der Waals surface area contributed by atoms with Crippen LogP contribution < -0.4 is 0 Å². The molecule has 1 aromatic rings. The van der Waals surface area contributed by atoms with E-state index in [2.05, 4.69) is 0 Å². The van der Waals surface area contributed by atoms with Crippen molar-refractivity contribution in [1.29, 1.82) is 0 Å². The van der Waals surface area contributed by atoms with Crippen LogP contribution in [0.2, 0.25) is 0 Å². The lowest BCUT2D eigenvalue weighted by Gasteiger charge is -2.34. The van der Waals surface area contributed by atoms with E-state index >= 15 is 0 Å². The van der Waals surface area contributed by atoms with E-state index in [0.29, 0.717) is 25.7 Å². The Balaban J connectivity index is 1.33.